The van der Waals surface area contributed by atoms with E-state index in [2.05, 4.69) is 48.3 Å². The highest BCUT2D eigenvalue weighted by atomic mass is 32.2. The summed E-state index contributed by atoms with van der Waals surface area (Å²) in [6, 6.07) is 8.64. The lowest BCUT2D eigenvalue weighted by atomic mass is 10.0. The third-order valence-electron chi connectivity index (χ3n) is 3.35. The quantitative estimate of drug-likeness (QED) is 0.860. The van der Waals surface area contributed by atoms with E-state index in [1.807, 2.05) is 0 Å². The first kappa shape index (κ1) is 12.0. The van der Waals surface area contributed by atoms with Crippen LogP contribution in [0.15, 0.2) is 24.3 Å². The molecule has 0 saturated carbocycles. The van der Waals surface area contributed by atoms with E-state index in [0.29, 0.717) is 0 Å². The van der Waals surface area contributed by atoms with E-state index < -0.39 is 0 Å². The summed E-state index contributed by atoms with van der Waals surface area (Å²) < 4.78 is 0. The van der Waals surface area contributed by atoms with Gasteiger partial charge < -0.3 is 5.32 Å². The van der Waals surface area contributed by atoms with Crippen molar-refractivity contribution in [1.29, 1.82) is 0 Å². The van der Waals surface area contributed by atoms with Crippen LogP contribution in [0.2, 0.25) is 0 Å². The number of hydrogen-bond acceptors (Lipinski definition) is 2. The fourth-order valence-electron chi connectivity index (χ4n) is 2.17. The number of hydrogen-bond donors (Lipinski definition) is 1. The third-order valence-corrected chi connectivity index (χ3v) is 4.40. The first-order valence-electron chi connectivity index (χ1n) is 6.19. The Balaban J connectivity index is 1.73. The molecule has 1 aliphatic rings. The number of rotatable bonds is 4. The van der Waals surface area contributed by atoms with Crippen molar-refractivity contribution in [2.75, 3.05) is 18.1 Å². The normalized spacial score (nSPS) is 17.6. The van der Waals surface area contributed by atoms with Crippen LogP contribution in [0.4, 0.5) is 0 Å². The minimum absolute atomic E-state index is 0.908. The zero-order chi connectivity index (χ0) is 11.2. The van der Waals surface area contributed by atoms with Gasteiger partial charge in [-0.25, -0.2) is 0 Å². The van der Waals surface area contributed by atoms with Crippen LogP contribution >= 0.6 is 11.8 Å². The second-order valence-electron chi connectivity index (χ2n) is 4.61. The van der Waals surface area contributed by atoms with E-state index in [9.17, 15) is 0 Å². The maximum absolute atomic E-state index is 3.60. The Hall–Kier alpha value is -0.470. The van der Waals surface area contributed by atoms with E-state index >= 15 is 0 Å². The van der Waals surface area contributed by atoms with Crippen molar-refractivity contribution in [1.82, 2.24) is 5.32 Å². The smallest absolute Gasteiger partial charge is 0.0208 e. The van der Waals surface area contributed by atoms with E-state index in [4.69, 9.17) is 0 Å². The van der Waals surface area contributed by atoms with Crippen LogP contribution in [0.1, 0.15) is 24.0 Å². The Kier molecular flexibility index (Phi) is 4.73. The molecule has 1 N–H and O–H groups in total. The van der Waals surface area contributed by atoms with Gasteiger partial charge >= 0.3 is 0 Å². The Morgan fingerprint density at radius 3 is 2.75 bits per heavy atom. The Bertz CT molecular complexity index is 318. The van der Waals surface area contributed by atoms with Crippen molar-refractivity contribution >= 4 is 11.8 Å². The molecule has 0 unspecified atom stereocenters. The largest absolute Gasteiger partial charge is 0.312 e. The van der Waals surface area contributed by atoms with Gasteiger partial charge in [-0.1, -0.05) is 24.3 Å². The fraction of sp³-hybridized carbons (Fsp3) is 0.571. The maximum atomic E-state index is 3.60. The molecule has 1 saturated heterocycles. The first-order chi connectivity index (χ1) is 7.86. The van der Waals surface area contributed by atoms with Gasteiger partial charge in [-0.05, 0) is 54.9 Å². The summed E-state index contributed by atoms with van der Waals surface area (Å²) in [7, 11) is 0. The average molecular weight is 235 g/mol. The molecular formula is C14H21NS. The summed E-state index contributed by atoms with van der Waals surface area (Å²) in [5.74, 6) is 3.62. The van der Waals surface area contributed by atoms with Gasteiger partial charge in [0.05, 0.1) is 0 Å². The molecule has 1 nitrogen and oxygen atoms in total. The lowest BCUT2D eigenvalue weighted by Crippen LogP contribution is -2.25. The summed E-state index contributed by atoms with van der Waals surface area (Å²) in [4.78, 5) is 0. The molecule has 0 aliphatic carbocycles. The van der Waals surface area contributed by atoms with Gasteiger partial charge in [0, 0.05) is 6.54 Å². The Morgan fingerprint density at radius 1 is 1.25 bits per heavy atom. The average Bonchev–Trinajstić information content (AvgIpc) is 2.33. The van der Waals surface area contributed by atoms with Gasteiger partial charge in [0.15, 0.2) is 0 Å². The molecule has 0 amide bonds. The van der Waals surface area contributed by atoms with Gasteiger partial charge in [0.2, 0.25) is 0 Å². The minimum Gasteiger partial charge on any atom is -0.312 e. The molecule has 88 valence electrons. The molecule has 1 fully saturated rings. The highest BCUT2D eigenvalue weighted by Gasteiger charge is 2.12. The van der Waals surface area contributed by atoms with E-state index in [1.54, 1.807) is 0 Å². The van der Waals surface area contributed by atoms with Crippen LogP contribution in [0.5, 0.6) is 0 Å². The SMILES string of the molecule is Cc1ccccc1CNCC1CCSCC1. The van der Waals surface area contributed by atoms with Gasteiger partial charge in [0.25, 0.3) is 0 Å². The number of benzene rings is 1. The first-order valence-corrected chi connectivity index (χ1v) is 7.34. The van der Waals surface area contributed by atoms with Crippen LogP contribution in [0, 0.1) is 12.8 Å². The predicted octanol–water partition coefficient (Wildman–Crippen LogP) is 3.23. The summed E-state index contributed by atoms with van der Waals surface area (Å²) in [6.07, 6.45) is 2.79. The number of nitrogens with one attached hydrogen (secondary N) is 1. The van der Waals surface area contributed by atoms with E-state index in [0.717, 1.165) is 12.5 Å². The fourth-order valence-corrected chi connectivity index (χ4v) is 3.37. The molecule has 1 aromatic carbocycles. The molecule has 0 radical (unpaired) electrons. The summed E-state index contributed by atoms with van der Waals surface area (Å²) in [5, 5.41) is 3.60. The van der Waals surface area contributed by atoms with Gasteiger partial charge in [0.1, 0.15) is 0 Å². The highest BCUT2D eigenvalue weighted by molar-refractivity contribution is 7.99. The number of thioether (sulfide) groups is 1. The molecule has 1 aliphatic heterocycles. The lowest BCUT2D eigenvalue weighted by molar-refractivity contribution is 0.447. The summed E-state index contributed by atoms with van der Waals surface area (Å²) >= 11 is 2.10. The van der Waals surface area contributed by atoms with Crippen molar-refractivity contribution in [3.05, 3.63) is 35.4 Å². The van der Waals surface area contributed by atoms with Crippen LogP contribution in [0.25, 0.3) is 0 Å². The van der Waals surface area contributed by atoms with Gasteiger partial charge in [-0.15, -0.1) is 0 Å². The van der Waals surface area contributed by atoms with Crippen molar-refractivity contribution in [3.8, 4) is 0 Å². The van der Waals surface area contributed by atoms with Crippen LogP contribution in [-0.2, 0) is 6.54 Å². The monoisotopic (exact) mass is 235 g/mol. The van der Waals surface area contributed by atoms with Crippen molar-refractivity contribution in [2.24, 2.45) is 5.92 Å². The molecule has 0 spiro atoms. The molecule has 0 bridgehead atoms. The van der Waals surface area contributed by atoms with Crippen molar-refractivity contribution in [3.63, 3.8) is 0 Å². The molecule has 0 aromatic heterocycles. The molecule has 2 rings (SSSR count). The molecule has 1 aromatic rings. The maximum Gasteiger partial charge on any atom is 0.0208 e. The van der Waals surface area contributed by atoms with Crippen molar-refractivity contribution in [2.45, 2.75) is 26.3 Å². The van der Waals surface area contributed by atoms with Gasteiger partial charge in [-0.3, -0.25) is 0 Å². The van der Waals surface area contributed by atoms with Crippen molar-refractivity contribution < 1.29 is 0 Å². The third kappa shape index (κ3) is 3.53. The lowest BCUT2D eigenvalue weighted by Gasteiger charge is -2.21. The summed E-state index contributed by atoms with van der Waals surface area (Å²) in [6.45, 7) is 4.40. The van der Waals surface area contributed by atoms with Crippen LogP contribution in [0.3, 0.4) is 0 Å². The van der Waals surface area contributed by atoms with Crippen LogP contribution < -0.4 is 5.32 Å². The molecule has 16 heavy (non-hydrogen) atoms. The molecular weight excluding hydrogens is 214 g/mol. The predicted molar refractivity (Wildman–Crippen MR) is 72.9 cm³/mol. The second-order valence-corrected chi connectivity index (χ2v) is 5.84. The summed E-state index contributed by atoms with van der Waals surface area (Å²) in [5.41, 5.74) is 2.84. The Labute approximate surface area is 103 Å². The minimum atomic E-state index is 0.908. The van der Waals surface area contributed by atoms with Gasteiger partial charge in [-0.2, -0.15) is 11.8 Å². The number of aryl methyl sites for hydroxylation is 1. The second kappa shape index (κ2) is 6.31. The zero-order valence-corrected chi connectivity index (χ0v) is 10.9. The van der Waals surface area contributed by atoms with E-state index in [-0.39, 0.29) is 0 Å². The topological polar surface area (TPSA) is 12.0 Å². The molecule has 0 atom stereocenters. The van der Waals surface area contributed by atoms with Crippen LogP contribution in [-0.4, -0.2) is 18.1 Å². The highest BCUT2D eigenvalue weighted by Crippen LogP contribution is 2.21. The Morgan fingerprint density at radius 2 is 2.00 bits per heavy atom. The standard InChI is InChI=1S/C14H21NS/c1-12-4-2-3-5-14(12)11-15-10-13-6-8-16-9-7-13/h2-5,13,15H,6-11H2,1H3. The zero-order valence-electron chi connectivity index (χ0n) is 10.0. The molecule has 2 heteroatoms. The molecule has 1 heterocycles. The van der Waals surface area contributed by atoms with E-state index in [1.165, 1.54) is 42.0 Å².